The Labute approximate surface area is 135 Å². The highest BCUT2D eigenvalue weighted by atomic mass is 16.6. The van der Waals surface area contributed by atoms with Crippen LogP contribution in [0.2, 0.25) is 0 Å². The molecule has 0 aliphatic carbocycles. The molecular formula is C16H23N3O4. The number of anilines is 1. The van der Waals surface area contributed by atoms with E-state index in [4.69, 9.17) is 0 Å². The minimum atomic E-state index is -0.506. The van der Waals surface area contributed by atoms with Crippen molar-refractivity contribution in [2.75, 3.05) is 18.5 Å². The summed E-state index contributed by atoms with van der Waals surface area (Å²) in [5.41, 5.74) is 0.102. The Kier molecular flexibility index (Phi) is 6.06. The zero-order chi connectivity index (χ0) is 16.8. The molecule has 2 atom stereocenters. The largest absolute Gasteiger partial charge is 0.396 e. The molecule has 0 aromatic heterocycles. The molecule has 7 nitrogen and oxygen atoms in total. The van der Waals surface area contributed by atoms with Crippen molar-refractivity contribution < 1.29 is 14.8 Å². The molecule has 1 aromatic carbocycles. The first-order chi connectivity index (χ1) is 11.0. The van der Waals surface area contributed by atoms with Gasteiger partial charge in [0.2, 0.25) is 5.91 Å². The molecule has 1 aliphatic heterocycles. The molecule has 1 fully saturated rings. The average Bonchev–Trinajstić information content (AvgIpc) is 2.51. The Bertz CT molecular complexity index is 562. The first-order valence-electron chi connectivity index (χ1n) is 7.92. The molecule has 1 saturated heterocycles. The van der Waals surface area contributed by atoms with Crippen molar-refractivity contribution >= 4 is 17.3 Å². The topological polar surface area (TPSA) is 95.7 Å². The molecule has 1 aromatic rings. The third kappa shape index (κ3) is 4.49. The summed E-state index contributed by atoms with van der Waals surface area (Å²) in [6.07, 6.45) is 3.71. The number of amides is 1. The minimum absolute atomic E-state index is 0.0969. The molecule has 0 bridgehead atoms. The predicted molar refractivity (Wildman–Crippen MR) is 87.2 cm³/mol. The van der Waals surface area contributed by atoms with Gasteiger partial charge in [-0.3, -0.25) is 19.8 Å². The molecular weight excluding hydrogens is 298 g/mol. The van der Waals surface area contributed by atoms with Gasteiger partial charge in [-0.1, -0.05) is 18.6 Å². The van der Waals surface area contributed by atoms with Gasteiger partial charge in [-0.15, -0.1) is 0 Å². The summed E-state index contributed by atoms with van der Waals surface area (Å²) >= 11 is 0. The van der Waals surface area contributed by atoms with Crippen molar-refractivity contribution in [2.24, 2.45) is 0 Å². The van der Waals surface area contributed by atoms with Gasteiger partial charge in [-0.05, 0) is 32.3 Å². The maximum atomic E-state index is 12.3. The van der Waals surface area contributed by atoms with Crippen LogP contribution in [0.4, 0.5) is 11.4 Å². The molecule has 23 heavy (non-hydrogen) atoms. The number of aliphatic hydroxyl groups excluding tert-OH is 1. The molecule has 2 N–H and O–H groups in total. The van der Waals surface area contributed by atoms with Crippen LogP contribution in [0.15, 0.2) is 24.3 Å². The Morgan fingerprint density at radius 1 is 1.43 bits per heavy atom. The second-order valence-electron chi connectivity index (χ2n) is 5.94. The molecule has 0 saturated carbocycles. The second kappa shape index (κ2) is 8.03. The number of piperidine rings is 1. The number of nitrogens with zero attached hydrogens (tertiary/aromatic N) is 2. The van der Waals surface area contributed by atoms with Gasteiger partial charge in [0.05, 0.1) is 11.5 Å². The fourth-order valence-electron chi connectivity index (χ4n) is 3.18. The van der Waals surface area contributed by atoms with Crippen LogP contribution in [0, 0.1) is 10.1 Å². The van der Waals surface area contributed by atoms with Crippen LogP contribution in [0.25, 0.3) is 0 Å². The van der Waals surface area contributed by atoms with Crippen LogP contribution in [0.5, 0.6) is 0 Å². The summed E-state index contributed by atoms with van der Waals surface area (Å²) in [7, 11) is 0. The van der Waals surface area contributed by atoms with Crippen molar-refractivity contribution in [2.45, 2.75) is 44.7 Å². The number of hydrogen-bond acceptors (Lipinski definition) is 5. The Hall–Kier alpha value is -1.99. The number of nitro groups is 1. The molecule has 7 heteroatoms. The molecule has 2 rings (SSSR count). The van der Waals surface area contributed by atoms with Gasteiger partial charge in [0.1, 0.15) is 5.69 Å². The maximum Gasteiger partial charge on any atom is 0.292 e. The lowest BCUT2D eigenvalue weighted by molar-refractivity contribution is -0.383. The van der Waals surface area contributed by atoms with Crippen molar-refractivity contribution in [1.82, 2.24) is 4.90 Å². The summed E-state index contributed by atoms with van der Waals surface area (Å²) in [6.45, 7) is 2.35. The monoisotopic (exact) mass is 321 g/mol. The van der Waals surface area contributed by atoms with Crippen molar-refractivity contribution in [3.05, 3.63) is 34.4 Å². The molecule has 0 radical (unpaired) electrons. The summed E-state index contributed by atoms with van der Waals surface area (Å²) in [5.74, 6) is -0.268. The molecule has 0 spiro atoms. The molecule has 1 aliphatic rings. The lowest BCUT2D eigenvalue weighted by atomic mass is 9.94. The summed E-state index contributed by atoms with van der Waals surface area (Å²) < 4.78 is 0. The summed E-state index contributed by atoms with van der Waals surface area (Å²) in [6, 6.07) is 6.56. The maximum absolute atomic E-state index is 12.3. The van der Waals surface area contributed by atoms with E-state index in [1.165, 1.54) is 12.1 Å². The van der Waals surface area contributed by atoms with Gasteiger partial charge in [0.25, 0.3) is 5.69 Å². The second-order valence-corrected chi connectivity index (χ2v) is 5.94. The highest BCUT2D eigenvalue weighted by molar-refractivity contribution is 5.94. The number of carbonyl (C=O) groups excluding carboxylic acids is 1. The number of aliphatic hydroxyl groups is 1. The van der Waals surface area contributed by atoms with E-state index in [2.05, 4.69) is 17.1 Å². The van der Waals surface area contributed by atoms with Gasteiger partial charge in [-0.2, -0.15) is 0 Å². The van der Waals surface area contributed by atoms with E-state index in [1.807, 2.05) is 0 Å². The van der Waals surface area contributed by atoms with Crippen LogP contribution in [0.1, 0.15) is 32.6 Å². The summed E-state index contributed by atoms with van der Waals surface area (Å²) in [4.78, 5) is 24.9. The van der Waals surface area contributed by atoms with Gasteiger partial charge in [0.15, 0.2) is 0 Å². The highest BCUT2D eigenvalue weighted by Crippen LogP contribution is 2.26. The number of nitro benzene ring substituents is 1. The smallest absolute Gasteiger partial charge is 0.292 e. The van der Waals surface area contributed by atoms with Gasteiger partial charge in [0, 0.05) is 24.8 Å². The lowest BCUT2D eigenvalue weighted by Gasteiger charge is -2.40. The quantitative estimate of drug-likeness (QED) is 0.618. The van der Waals surface area contributed by atoms with Crippen molar-refractivity contribution in [3.8, 4) is 0 Å². The number of benzene rings is 1. The Morgan fingerprint density at radius 3 is 2.87 bits per heavy atom. The van der Waals surface area contributed by atoms with Crippen LogP contribution < -0.4 is 5.32 Å². The molecule has 1 heterocycles. The van der Waals surface area contributed by atoms with Crippen LogP contribution >= 0.6 is 0 Å². The van der Waals surface area contributed by atoms with E-state index in [-0.39, 0.29) is 42.5 Å². The fraction of sp³-hybridized carbons (Fsp3) is 0.562. The van der Waals surface area contributed by atoms with E-state index >= 15 is 0 Å². The number of rotatable bonds is 6. The van der Waals surface area contributed by atoms with Crippen molar-refractivity contribution in [3.63, 3.8) is 0 Å². The van der Waals surface area contributed by atoms with E-state index in [1.54, 1.807) is 12.1 Å². The minimum Gasteiger partial charge on any atom is -0.396 e. The molecule has 126 valence electrons. The molecule has 0 unspecified atom stereocenters. The normalized spacial score (nSPS) is 21.8. The Balaban J connectivity index is 2.04. The van der Waals surface area contributed by atoms with Crippen LogP contribution in [-0.4, -0.2) is 46.1 Å². The number of likely N-dealkylation sites (tertiary alicyclic amines) is 1. The third-order valence-electron chi connectivity index (χ3n) is 4.36. The SMILES string of the molecule is C[C@@H]1CCC[C@H](CCO)N1CC(=O)Nc1ccccc1[N+](=O)[O-]. The highest BCUT2D eigenvalue weighted by Gasteiger charge is 2.29. The first kappa shape index (κ1) is 17.4. The number of carbonyl (C=O) groups is 1. The number of para-hydroxylation sites is 2. The number of hydrogen-bond donors (Lipinski definition) is 2. The average molecular weight is 321 g/mol. The zero-order valence-electron chi connectivity index (χ0n) is 13.3. The van der Waals surface area contributed by atoms with E-state index < -0.39 is 4.92 Å². The number of nitrogens with one attached hydrogen (secondary N) is 1. The predicted octanol–water partition coefficient (Wildman–Crippen LogP) is 2.16. The fourth-order valence-corrected chi connectivity index (χ4v) is 3.18. The van der Waals surface area contributed by atoms with Gasteiger partial charge >= 0.3 is 0 Å². The van der Waals surface area contributed by atoms with Gasteiger partial charge in [-0.25, -0.2) is 0 Å². The summed E-state index contributed by atoms with van der Waals surface area (Å²) in [5, 5.41) is 22.8. The Morgan fingerprint density at radius 2 is 2.17 bits per heavy atom. The van der Waals surface area contributed by atoms with Crippen LogP contribution in [-0.2, 0) is 4.79 Å². The van der Waals surface area contributed by atoms with Crippen LogP contribution in [0.3, 0.4) is 0 Å². The third-order valence-corrected chi connectivity index (χ3v) is 4.36. The van der Waals surface area contributed by atoms with E-state index in [9.17, 15) is 20.0 Å². The zero-order valence-corrected chi connectivity index (χ0v) is 13.3. The van der Waals surface area contributed by atoms with Crippen molar-refractivity contribution in [1.29, 1.82) is 0 Å². The van der Waals surface area contributed by atoms with Gasteiger partial charge < -0.3 is 10.4 Å². The molecule has 1 amide bonds. The first-order valence-corrected chi connectivity index (χ1v) is 7.92. The van der Waals surface area contributed by atoms with E-state index in [0.717, 1.165) is 19.3 Å². The standard InChI is InChI=1S/C16H23N3O4/c1-12-5-4-6-13(9-10-20)18(12)11-16(21)17-14-7-2-3-8-15(14)19(22)23/h2-3,7-8,12-13,20H,4-6,9-11H2,1H3,(H,17,21)/t12-,13-/m1/s1. The lowest BCUT2D eigenvalue weighted by Crippen LogP contribution is -2.49. The van der Waals surface area contributed by atoms with E-state index in [0.29, 0.717) is 6.42 Å².